The molecule has 8 heteroatoms. The Balaban J connectivity index is 1.19. The predicted octanol–water partition coefficient (Wildman–Crippen LogP) is 2.06. The van der Waals surface area contributed by atoms with Gasteiger partial charge in [-0.05, 0) is 43.4 Å². The van der Waals surface area contributed by atoms with Gasteiger partial charge >= 0.3 is 6.03 Å². The summed E-state index contributed by atoms with van der Waals surface area (Å²) in [4.78, 5) is 21.1. The van der Waals surface area contributed by atoms with Gasteiger partial charge in [0, 0.05) is 44.7 Å². The molecule has 0 radical (unpaired) electrons. The summed E-state index contributed by atoms with van der Waals surface area (Å²) in [7, 11) is 0. The molecule has 2 aliphatic rings. The Hall–Kier alpha value is -2.61. The molecule has 0 saturated carbocycles. The number of carbonyl (C=O) groups is 1. The Bertz CT molecular complexity index is 765. The molecule has 3 N–H and O–H groups in total. The number of amides is 2. The average molecular weight is 384 g/mol. The number of nitrogens with one attached hydrogen (secondary N) is 2. The third kappa shape index (κ3) is 4.62. The van der Waals surface area contributed by atoms with Gasteiger partial charge in [0.25, 0.3) is 0 Å². The van der Waals surface area contributed by atoms with E-state index in [1.54, 1.807) is 12.4 Å². The fraction of sp³-hybridized carbons (Fsp3) is 0.550. The highest BCUT2D eigenvalue weighted by atomic mass is 16.3. The molecular formula is C20H28N6O2. The smallest absolute Gasteiger partial charge is 0.317 e. The molecule has 2 aromatic rings. The van der Waals surface area contributed by atoms with Crippen LogP contribution in [0.5, 0.6) is 5.75 Å². The Kier molecular flexibility index (Phi) is 5.76. The second-order valence-corrected chi connectivity index (χ2v) is 7.80. The van der Waals surface area contributed by atoms with Crippen molar-refractivity contribution in [3.8, 4) is 5.75 Å². The number of aromatic nitrogens is 3. The molecule has 2 fully saturated rings. The zero-order valence-corrected chi connectivity index (χ0v) is 16.0. The highest BCUT2D eigenvalue weighted by molar-refractivity contribution is 5.74. The fourth-order valence-corrected chi connectivity index (χ4v) is 4.18. The number of phenols is 1. The number of rotatable bonds is 4. The van der Waals surface area contributed by atoms with Crippen LogP contribution in [0.25, 0.3) is 0 Å². The predicted molar refractivity (Wildman–Crippen MR) is 105 cm³/mol. The second kappa shape index (κ2) is 8.60. The first-order valence-corrected chi connectivity index (χ1v) is 10.1. The Morgan fingerprint density at radius 3 is 2.64 bits per heavy atom. The van der Waals surface area contributed by atoms with Gasteiger partial charge in [-0.1, -0.05) is 12.1 Å². The molecule has 0 unspecified atom stereocenters. The van der Waals surface area contributed by atoms with Crippen molar-refractivity contribution in [2.45, 2.75) is 44.2 Å². The minimum atomic E-state index is 0.0578. The summed E-state index contributed by atoms with van der Waals surface area (Å²) in [6.45, 7) is 4.26. The van der Waals surface area contributed by atoms with Crippen molar-refractivity contribution in [3.05, 3.63) is 42.0 Å². The van der Waals surface area contributed by atoms with Crippen LogP contribution in [0.4, 0.5) is 4.79 Å². The van der Waals surface area contributed by atoms with Crippen molar-refractivity contribution in [1.29, 1.82) is 0 Å². The second-order valence-electron chi connectivity index (χ2n) is 7.80. The van der Waals surface area contributed by atoms with E-state index in [2.05, 4.69) is 25.4 Å². The molecule has 1 aromatic carbocycles. The van der Waals surface area contributed by atoms with Gasteiger partial charge in [0.1, 0.15) is 17.9 Å². The van der Waals surface area contributed by atoms with E-state index in [4.69, 9.17) is 0 Å². The van der Waals surface area contributed by atoms with E-state index in [1.165, 1.54) is 0 Å². The first-order valence-electron chi connectivity index (χ1n) is 10.1. The van der Waals surface area contributed by atoms with Crippen LogP contribution in [-0.2, 0) is 6.54 Å². The zero-order chi connectivity index (χ0) is 19.3. The largest absolute Gasteiger partial charge is 0.508 e. The number of piperidine rings is 2. The monoisotopic (exact) mass is 384 g/mol. The maximum atomic E-state index is 12.6. The van der Waals surface area contributed by atoms with Gasteiger partial charge < -0.3 is 15.3 Å². The van der Waals surface area contributed by atoms with E-state index in [1.807, 2.05) is 23.1 Å². The number of H-pyrrole nitrogens is 1. The average Bonchev–Trinajstić information content (AvgIpc) is 3.24. The number of urea groups is 1. The Morgan fingerprint density at radius 1 is 1.18 bits per heavy atom. The number of aromatic hydroxyl groups is 1. The summed E-state index contributed by atoms with van der Waals surface area (Å²) in [6.07, 6.45) is 5.30. The summed E-state index contributed by atoms with van der Waals surface area (Å²) in [6, 6.07) is 7.72. The van der Waals surface area contributed by atoms with E-state index in [0.717, 1.165) is 69.8 Å². The number of benzene rings is 1. The van der Waals surface area contributed by atoms with Crippen LogP contribution in [0.15, 0.2) is 30.6 Å². The first kappa shape index (κ1) is 18.7. The molecule has 0 spiro atoms. The first-order chi connectivity index (χ1) is 13.7. The summed E-state index contributed by atoms with van der Waals surface area (Å²) in [5.41, 5.74) is 1.12. The zero-order valence-electron chi connectivity index (χ0n) is 16.0. The third-order valence-electron chi connectivity index (χ3n) is 5.83. The van der Waals surface area contributed by atoms with E-state index < -0.39 is 0 Å². The number of nitrogens with zero attached hydrogens (tertiary/aromatic N) is 4. The maximum absolute atomic E-state index is 12.6. The molecule has 2 aliphatic heterocycles. The number of hydrogen-bond donors (Lipinski definition) is 3. The number of phenolic OH excluding ortho intramolecular Hbond substituents is 1. The molecule has 8 nitrogen and oxygen atoms in total. The van der Waals surface area contributed by atoms with E-state index in [-0.39, 0.29) is 12.1 Å². The van der Waals surface area contributed by atoms with E-state index in [0.29, 0.717) is 11.7 Å². The highest BCUT2D eigenvalue weighted by Crippen LogP contribution is 2.25. The summed E-state index contributed by atoms with van der Waals surface area (Å²) < 4.78 is 0. The van der Waals surface area contributed by atoms with Gasteiger partial charge in [-0.15, -0.1) is 0 Å². The number of hydrogen-bond acceptors (Lipinski definition) is 5. The maximum Gasteiger partial charge on any atom is 0.317 e. The molecule has 2 saturated heterocycles. The summed E-state index contributed by atoms with van der Waals surface area (Å²) in [5.74, 6) is 1.61. The van der Waals surface area contributed by atoms with Crippen molar-refractivity contribution in [3.63, 3.8) is 0 Å². The van der Waals surface area contributed by atoms with Crippen LogP contribution < -0.4 is 5.32 Å². The van der Waals surface area contributed by atoms with Crippen LogP contribution in [0.2, 0.25) is 0 Å². The molecule has 1 aromatic heterocycles. The van der Waals surface area contributed by atoms with Crippen molar-refractivity contribution < 1.29 is 9.90 Å². The lowest BCUT2D eigenvalue weighted by molar-refractivity contribution is 0.159. The molecule has 0 atom stereocenters. The molecule has 28 heavy (non-hydrogen) atoms. The van der Waals surface area contributed by atoms with Gasteiger partial charge in [0.2, 0.25) is 0 Å². The van der Waals surface area contributed by atoms with Gasteiger partial charge in [-0.2, -0.15) is 5.10 Å². The molecule has 2 amide bonds. The normalized spacial score (nSPS) is 19.6. The van der Waals surface area contributed by atoms with Crippen LogP contribution in [0.3, 0.4) is 0 Å². The van der Waals surface area contributed by atoms with Crippen LogP contribution in [-0.4, -0.2) is 68.3 Å². The lowest BCUT2D eigenvalue weighted by atomic mass is 9.96. The van der Waals surface area contributed by atoms with Crippen LogP contribution in [0.1, 0.15) is 43.0 Å². The molecular weight excluding hydrogens is 356 g/mol. The minimum absolute atomic E-state index is 0.0578. The van der Waals surface area contributed by atoms with Crippen molar-refractivity contribution in [2.24, 2.45) is 0 Å². The standard InChI is InChI=1S/C20H28N6O2/c27-18-3-1-2-15(12-18)13-25-8-6-17(7-9-25)23-20(28)26-10-4-16(5-11-26)19-21-14-22-24-19/h1-3,12,14,16-17,27H,4-11,13H2,(H,23,28)(H,21,22,24). The minimum Gasteiger partial charge on any atom is -0.508 e. The number of aromatic amines is 1. The number of carbonyl (C=O) groups excluding carboxylic acids is 1. The molecule has 0 bridgehead atoms. The van der Waals surface area contributed by atoms with Crippen LogP contribution >= 0.6 is 0 Å². The van der Waals surface area contributed by atoms with Crippen molar-refractivity contribution in [1.82, 2.24) is 30.3 Å². The lowest BCUT2D eigenvalue weighted by Crippen LogP contribution is -2.50. The molecule has 4 rings (SSSR count). The molecule has 0 aliphatic carbocycles. The van der Waals surface area contributed by atoms with Crippen LogP contribution in [0, 0.1) is 0 Å². The SMILES string of the molecule is O=C(NC1CCN(Cc2cccc(O)c2)CC1)N1CCC(c2ncn[nH]2)CC1. The summed E-state index contributed by atoms with van der Waals surface area (Å²) >= 11 is 0. The van der Waals surface area contributed by atoms with Crippen molar-refractivity contribution in [2.75, 3.05) is 26.2 Å². The molecule has 150 valence electrons. The van der Waals surface area contributed by atoms with Crippen molar-refractivity contribution >= 4 is 6.03 Å². The Morgan fingerprint density at radius 2 is 1.96 bits per heavy atom. The van der Waals surface area contributed by atoms with Gasteiger partial charge in [0.05, 0.1) is 0 Å². The lowest BCUT2D eigenvalue weighted by Gasteiger charge is -2.35. The number of likely N-dealkylation sites (tertiary alicyclic amines) is 2. The van der Waals surface area contributed by atoms with Gasteiger partial charge in [0.15, 0.2) is 0 Å². The van der Waals surface area contributed by atoms with Gasteiger partial charge in [-0.25, -0.2) is 9.78 Å². The van der Waals surface area contributed by atoms with E-state index >= 15 is 0 Å². The Labute approximate surface area is 164 Å². The summed E-state index contributed by atoms with van der Waals surface area (Å²) in [5, 5.41) is 19.7. The van der Waals surface area contributed by atoms with Gasteiger partial charge in [-0.3, -0.25) is 10.00 Å². The molecule has 3 heterocycles. The quantitative estimate of drug-likeness (QED) is 0.750. The van der Waals surface area contributed by atoms with E-state index in [9.17, 15) is 9.90 Å². The highest BCUT2D eigenvalue weighted by Gasteiger charge is 2.27. The topological polar surface area (TPSA) is 97.4 Å². The third-order valence-corrected chi connectivity index (χ3v) is 5.83. The fourth-order valence-electron chi connectivity index (χ4n) is 4.18.